The van der Waals surface area contributed by atoms with Gasteiger partial charge in [-0.15, -0.1) is 0 Å². The van der Waals surface area contributed by atoms with Crippen LogP contribution in [0.3, 0.4) is 0 Å². The van der Waals surface area contributed by atoms with E-state index in [1.807, 2.05) is 73.1 Å². The van der Waals surface area contributed by atoms with Gasteiger partial charge in [-0.05, 0) is 24.3 Å². The van der Waals surface area contributed by atoms with E-state index in [1.54, 1.807) is 21.5 Å². The monoisotopic (exact) mass is 318 g/mol. The lowest BCUT2D eigenvalue weighted by atomic mass is 10.3. The number of nitrogens with two attached hydrogens (primary N) is 2. The molecule has 0 aliphatic carbocycles. The van der Waals surface area contributed by atoms with Crippen molar-refractivity contribution in [2.45, 2.75) is 0 Å². The summed E-state index contributed by atoms with van der Waals surface area (Å²) in [5.74, 6) is 1.08. The second kappa shape index (κ2) is 7.15. The molecule has 0 aliphatic rings. The third kappa shape index (κ3) is 3.80. The zero-order valence-corrected chi connectivity index (χ0v) is 13.0. The molecule has 24 heavy (non-hydrogen) atoms. The van der Waals surface area contributed by atoms with Crippen LogP contribution in [0.2, 0.25) is 0 Å². The number of para-hydroxylation sites is 2. The van der Waals surface area contributed by atoms with E-state index in [9.17, 15) is 0 Å². The Bertz CT molecular complexity index is 804. The van der Waals surface area contributed by atoms with Crippen molar-refractivity contribution in [3.63, 3.8) is 0 Å². The highest BCUT2D eigenvalue weighted by Crippen LogP contribution is 2.07. The van der Waals surface area contributed by atoms with E-state index >= 15 is 0 Å². The van der Waals surface area contributed by atoms with Gasteiger partial charge < -0.3 is 11.5 Å². The zero-order chi connectivity index (χ0) is 16.8. The zero-order valence-electron chi connectivity index (χ0n) is 13.0. The molecule has 0 amide bonds. The lowest BCUT2D eigenvalue weighted by Gasteiger charge is -1.98. The highest BCUT2D eigenvalue weighted by Gasteiger charge is 1.96. The molecule has 6 nitrogen and oxygen atoms in total. The molecule has 0 bridgehead atoms. The standard InChI is InChI=1S/2C9H9N3/c2*10-9-6-7-12(11-9)8-4-2-1-3-5-8/h2*1-7H,(H2,10,11). The molecule has 2 aromatic carbocycles. The second-order valence-electron chi connectivity index (χ2n) is 5.04. The summed E-state index contributed by atoms with van der Waals surface area (Å²) in [5.41, 5.74) is 13.0. The van der Waals surface area contributed by atoms with Crippen LogP contribution in [-0.4, -0.2) is 19.6 Å². The molecule has 0 spiro atoms. The summed E-state index contributed by atoms with van der Waals surface area (Å²) < 4.78 is 3.49. The number of nitrogen functional groups attached to an aromatic ring is 2. The number of rotatable bonds is 2. The lowest BCUT2D eigenvalue weighted by molar-refractivity contribution is 0.886. The van der Waals surface area contributed by atoms with Crippen LogP contribution < -0.4 is 11.5 Å². The van der Waals surface area contributed by atoms with Gasteiger partial charge >= 0.3 is 0 Å². The first kappa shape index (κ1) is 15.4. The normalized spacial score (nSPS) is 10.0. The average Bonchev–Trinajstić information content (AvgIpc) is 3.26. The Morgan fingerprint density at radius 3 is 1.21 bits per heavy atom. The van der Waals surface area contributed by atoms with E-state index in [0.29, 0.717) is 11.6 Å². The maximum absolute atomic E-state index is 5.48. The summed E-state index contributed by atoms with van der Waals surface area (Å²) in [7, 11) is 0. The predicted octanol–water partition coefficient (Wildman–Crippen LogP) is 2.91. The number of benzene rings is 2. The Kier molecular flexibility index (Phi) is 4.57. The fraction of sp³-hybridized carbons (Fsp3) is 0. The highest BCUT2D eigenvalue weighted by atomic mass is 15.3. The fourth-order valence-corrected chi connectivity index (χ4v) is 2.13. The minimum absolute atomic E-state index is 0.541. The van der Waals surface area contributed by atoms with E-state index in [0.717, 1.165) is 11.4 Å². The van der Waals surface area contributed by atoms with Crippen LogP contribution in [0.1, 0.15) is 0 Å². The topological polar surface area (TPSA) is 87.7 Å². The fourth-order valence-electron chi connectivity index (χ4n) is 2.13. The van der Waals surface area contributed by atoms with Crippen molar-refractivity contribution in [1.29, 1.82) is 0 Å². The Morgan fingerprint density at radius 2 is 0.917 bits per heavy atom. The molecule has 4 N–H and O–H groups in total. The molecule has 120 valence electrons. The Balaban J connectivity index is 0.000000141. The smallest absolute Gasteiger partial charge is 0.145 e. The van der Waals surface area contributed by atoms with Crippen LogP contribution in [0.4, 0.5) is 11.6 Å². The van der Waals surface area contributed by atoms with Crippen LogP contribution in [0.25, 0.3) is 11.4 Å². The van der Waals surface area contributed by atoms with Crippen molar-refractivity contribution >= 4 is 11.6 Å². The van der Waals surface area contributed by atoms with Gasteiger partial charge in [0.2, 0.25) is 0 Å². The molecule has 4 aromatic rings. The van der Waals surface area contributed by atoms with Gasteiger partial charge in [0, 0.05) is 24.5 Å². The molecule has 0 aliphatic heterocycles. The van der Waals surface area contributed by atoms with Crippen molar-refractivity contribution < 1.29 is 0 Å². The molecule has 0 unspecified atom stereocenters. The summed E-state index contributed by atoms with van der Waals surface area (Å²) in [6.45, 7) is 0. The lowest BCUT2D eigenvalue weighted by Crippen LogP contribution is -1.95. The first-order valence-corrected chi connectivity index (χ1v) is 7.45. The summed E-state index contributed by atoms with van der Waals surface area (Å²) in [6, 6.07) is 23.3. The van der Waals surface area contributed by atoms with Crippen molar-refractivity contribution in [3.8, 4) is 11.4 Å². The molecular weight excluding hydrogens is 300 g/mol. The summed E-state index contributed by atoms with van der Waals surface area (Å²) >= 11 is 0. The van der Waals surface area contributed by atoms with Gasteiger partial charge in [0.1, 0.15) is 11.6 Å². The van der Waals surface area contributed by atoms with E-state index in [4.69, 9.17) is 11.5 Å². The Labute approximate surface area is 140 Å². The maximum atomic E-state index is 5.48. The van der Waals surface area contributed by atoms with Crippen molar-refractivity contribution in [3.05, 3.63) is 85.2 Å². The van der Waals surface area contributed by atoms with Gasteiger partial charge in [0.25, 0.3) is 0 Å². The molecule has 0 atom stereocenters. The average molecular weight is 318 g/mol. The quantitative estimate of drug-likeness (QED) is 0.595. The van der Waals surface area contributed by atoms with Crippen LogP contribution in [0.5, 0.6) is 0 Å². The first-order valence-electron chi connectivity index (χ1n) is 7.45. The molecule has 2 heterocycles. The van der Waals surface area contributed by atoms with Crippen LogP contribution in [0.15, 0.2) is 85.2 Å². The highest BCUT2D eigenvalue weighted by molar-refractivity contribution is 5.35. The minimum Gasteiger partial charge on any atom is -0.382 e. The molecule has 4 rings (SSSR count). The minimum atomic E-state index is 0.541. The van der Waals surface area contributed by atoms with Crippen LogP contribution >= 0.6 is 0 Å². The largest absolute Gasteiger partial charge is 0.382 e. The number of hydrogen-bond acceptors (Lipinski definition) is 4. The van der Waals surface area contributed by atoms with Crippen LogP contribution in [0, 0.1) is 0 Å². The Hall–Kier alpha value is -3.54. The molecule has 0 saturated heterocycles. The number of hydrogen-bond donors (Lipinski definition) is 2. The van der Waals surface area contributed by atoms with E-state index in [-0.39, 0.29) is 0 Å². The third-order valence-corrected chi connectivity index (χ3v) is 3.26. The maximum Gasteiger partial charge on any atom is 0.145 e. The Morgan fingerprint density at radius 1 is 0.542 bits per heavy atom. The van der Waals surface area contributed by atoms with E-state index in [2.05, 4.69) is 10.2 Å². The number of anilines is 2. The molecule has 0 radical (unpaired) electrons. The molecule has 0 fully saturated rings. The first-order chi connectivity index (χ1) is 11.7. The number of aromatic nitrogens is 4. The van der Waals surface area contributed by atoms with Gasteiger partial charge in [-0.2, -0.15) is 10.2 Å². The SMILES string of the molecule is Nc1ccn(-c2ccccc2)n1.Nc1ccn(-c2ccccc2)n1. The molecule has 2 aromatic heterocycles. The second-order valence-corrected chi connectivity index (χ2v) is 5.04. The third-order valence-electron chi connectivity index (χ3n) is 3.26. The van der Waals surface area contributed by atoms with E-state index in [1.165, 1.54) is 0 Å². The van der Waals surface area contributed by atoms with Gasteiger partial charge in [0.05, 0.1) is 11.4 Å². The van der Waals surface area contributed by atoms with Crippen molar-refractivity contribution in [2.75, 3.05) is 11.5 Å². The van der Waals surface area contributed by atoms with Crippen molar-refractivity contribution in [2.24, 2.45) is 0 Å². The van der Waals surface area contributed by atoms with Crippen LogP contribution in [-0.2, 0) is 0 Å². The number of nitrogens with zero attached hydrogens (tertiary/aromatic N) is 4. The molecule has 6 heteroatoms. The van der Waals surface area contributed by atoms with Gasteiger partial charge in [-0.3, -0.25) is 0 Å². The predicted molar refractivity (Wildman–Crippen MR) is 96.0 cm³/mol. The summed E-state index contributed by atoms with van der Waals surface area (Å²) in [6.07, 6.45) is 3.68. The molecule has 0 saturated carbocycles. The van der Waals surface area contributed by atoms with Gasteiger partial charge in [0.15, 0.2) is 0 Å². The van der Waals surface area contributed by atoms with E-state index < -0.39 is 0 Å². The van der Waals surface area contributed by atoms with Gasteiger partial charge in [-0.25, -0.2) is 9.36 Å². The summed E-state index contributed by atoms with van der Waals surface area (Å²) in [4.78, 5) is 0. The molecular formula is C18H18N6. The van der Waals surface area contributed by atoms with Crippen molar-refractivity contribution in [1.82, 2.24) is 19.6 Å². The summed E-state index contributed by atoms with van der Waals surface area (Å²) in [5, 5.41) is 8.15. The van der Waals surface area contributed by atoms with Gasteiger partial charge in [-0.1, -0.05) is 36.4 Å².